The third kappa shape index (κ3) is 5.31. The summed E-state index contributed by atoms with van der Waals surface area (Å²) in [5.41, 5.74) is 8.07. The van der Waals surface area contributed by atoms with Gasteiger partial charge in [0.25, 0.3) is 0 Å². The predicted octanol–water partition coefficient (Wildman–Crippen LogP) is 3.65. The zero-order valence-electron chi connectivity index (χ0n) is 17.5. The van der Waals surface area contributed by atoms with Crippen LogP contribution in [0.4, 0.5) is 4.79 Å². The highest BCUT2D eigenvalue weighted by atomic mass is 16.7. The van der Waals surface area contributed by atoms with Gasteiger partial charge in [0.15, 0.2) is 11.5 Å². The van der Waals surface area contributed by atoms with Crippen LogP contribution in [0.5, 0.6) is 11.5 Å². The first-order chi connectivity index (χ1) is 14.2. The highest BCUT2D eigenvalue weighted by Gasteiger charge is 2.23. The van der Waals surface area contributed by atoms with Crippen LogP contribution in [0.25, 0.3) is 5.57 Å². The first kappa shape index (κ1) is 21.2. The summed E-state index contributed by atoms with van der Waals surface area (Å²) in [6, 6.07) is 12.9. The molecular weight excluding hydrogens is 382 g/mol. The molecule has 1 heterocycles. The minimum Gasteiger partial charge on any atom is -0.454 e. The van der Waals surface area contributed by atoms with E-state index in [9.17, 15) is 9.59 Å². The number of amides is 3. The number of carbonyl (C=O) groups excluding carboxylic acids is 2. The number of hydrazine groups is 1. The monoisotopic (exact) mass is 409 g/mol. The molecule has 0 fully saturated rings. The summed E-state index contributed by atoms with van der Waals surface area (Å²) in [7, 11) is 0. The van der Waals surface area contributed by atoms with Gasteiger partial charge in [-0.25, -0.2) is 10.2 Å². The quantitative estimate of drug-likeness (QED) is 0.636. The number of ether oxygens (including phenoxy) is 2. The lowest BCUT2D eigenvalue weighted by Crippen LogP contribution is -2.52. The second-order valence-electron chi connectivity index (χ2n) is 7.80. The molecule has 0 unspecified atom stereocenters. The van der Waals surface area contributed by atoms with Crippen LogP contribution in [0, 0.1) is 0 Å². The molecule has 2 aromatic carbocycles. The Bertz CT molecular complexity index is 969. The number of rotatable bonds is 6. The number of carbonyl (C=O) groups is 2. The SMILES string of the molecule is C=C(C)c1cccc(C(C)(C)NC(=O)NNC(=O)CCc2ccc3c(c2)OCO3)c1. The van der Waals surface area contributed by atoms with Gasteiger partial charge in [-0.3, -0.25) is 10.2 Å². The lowest BCUT2D eigenvalue weighted by Gasteiger charge is -2.27. The maximum absolute atomic E-state index is 12.3. The van der Waals surface area contributed by atoms with Gasteiger partial charge in [-0.15, -0.1) is 0 Å². The second kappa shape index (κ2) is 8.90. The van der Waals surface area contributed by atoms with Crippen molar-refractivity contribution in [1.82, 2.24) is 16.2 Å². The second-order valence-corrected chi connectivity index (χ2v) is 7.80. The molecule has 0 radical (unpaired) electrons. The first-order valence-corrected chi connectivity index (χ1v) is 9.76. The number of fused-ring (bicyclic) bond motifs is 1. The maximum atomic E-state index is 12.3. The van der Waals surface area contributed by atoms with Gasteiger partial charge in [-0.1, -0.05) is 36.4 Å². The fourth-order valence-electron chi connectivity index (χ4n) is 3.10. The van der Waals surface area contributed by atoms with Crippen molar-refractivity contribution in [3.8, 4) is 11.5 Å². The van der Waals surface area contributed by atoms with E-state index in [4.69, 9.17) is 9.47 Å². The van der Waals surface area contributed by atoms with E-state index in [0.717, 1.165) is 22.3 Å². The van der Waals surface area contributed by atoms with Crippen LogP contribution in [-0.2, 0) is 16.8 Å². The van der Waals surface area contributed by atoms with Crippen molar-refractivity contribution in [1.29, 1.82) is 0 Å². The minimum atomic E-state index is -0.632. The smallest absolute Gasteiger partial charge is 0.334 e. The van der Waals surface area contributed by atoms with Crippen LogP contribution in [0.3, 0.4) is 0 Å². The number of aryl methyl sites for hydroxylation is 1. The van der Waals surface area contributed by atoms with Crippen molar-refractivity contribution in [3.63, 3.8) is 0 Å². The zero-order valence-corrected chi connectivity index (χ0v) is 17.5. The Labute approximate surface area is 176 Å². The van der Waals surface area contributed by atoms with Crippen molar-refractivity contribution in [2.75, 3.05) is 6.79 Å². The topological polar surface area (TPSA) is 88.7 Å². The Morgan fingerprint density at radius 1 is 1.07 bits per heavy atom. The Morgan fingerprint density at radius 2 is 1.83 bits per heavy atom. The Balaban J connectivity index is 1.47. The third-order valence-corrected chi connectivity index (χ3v) is 4.90. The standard InChI is InChI=1S/C23H27N3O4/c1-15(2)17-6-5-7-18(13-17)23(3,4)24-22(28)26-25-21(27)11-9-16-8-10-19-20(12-16)30-14-29-19/h5-8,10,12-13H,1,9,11,14H2,2-4H3,(H,25,27)(H2,24,26,28). The van der Waals surface area contributed by atoms with Crippen LogP contribution in [0.2, 0.25) is 0 Å². The number of hydrogen-bond donors (Lipinski definition) is 3. The summed E-state index contributed by atoms with van der Waals surface area (Å²) < 4.78 is 10.6. The van der Waals surface area contributed by atoms with Crippen LogP contribution in [0.1, 0.15) is 43.9 Å². The molecule has 0 saturated carbocycles. The van der Waals surface area contributed by atoms with E-state index < -0.39 is 11.6 Å². The molecule has 158 valence electrons. The molecule has 2 aromatic rings. The van der Waals surface area contributed by atoms with Gasteiger partial charge in [0, 0.05) is 6.42 Å². The Hall–Kier alpha value is -3.48. The highest BCUT2D eigenvalue weighted by Crippen LogP contribution is 2.32. The van der Waals surface area contributed by atoms with E-state index in [1.165, 1.54) is 0 Å². The normalized spacial score (nSPS) is 12.2. The van der Waals surface area contributed by atoms with E-state index >= 15 is 0 Å². The van der Waals surface area contributed by atoms with Gasteiger partial charge in [0.05, 0.1) is 5.54 Å². The van der Waals surface area contributed by atoms with Gasteiger partial charge in [-0.2, -0.15) is 0 Å². The molecule has 3 rings (SSSR count). The number of hydrogen-bond acceptors (Lipinski definition) is 4. The first-order valence-electron chi connectivity index (χ1n) is 9.76. The molecule has 7 nitrogen and oxygen atoms in total. The van der Waals surface area contributed by atoms with E-state index in [0.29, 0.717) is 17.9 Å². The van der Waals surface area contributed by atoms with Crippen molar-refractivity contribution < 1.29 is 19.1 Å². The average Bonchev–Trinajstić information content (AvgIpc) is 3.18. The summed E-state index contributed by atoms with van der Waals surface area (Å²) in [5.74, 6) is 1.10. The van der Waals surface area contributed by atoms with Gasteiger partial charge in [0.2, 0.25) is 12.7 Å². The van der Waals surface area contributed by atoms with Crippen LogP contribution < -0.4 is 25.6 Å². The highest BCUT2D eigenvalue weighted by molar-refractivity contribution is 5.81. The van der Waals surface area contributed by atoms with Crippen molar-refractivity contribution in [3.05, 3.63) is 65.7 Å². The molecule has 7 heteroatoms. The molecule has 3 N–H and O–H groups in total. The summed E-state index contributed by atoms with van der Waals surface area (Å²) in [6.07, 6.45) is 0.745. The Kier molecular flexibility index (Phi) is 6.30. The minimum absolute atomic E-state index is 0.214. The lowest BCUT2D eigenvalue weighted by atomic mass is 9.92. The fourth-order valence-corrected chi connectivity index (χ4v) is 3.10. The van der Waals surface area contributed by atoms with Crippen LogP contribution >= 0.6 is 0 Å². The van der Waals surface area contributed by atoms with E-state index in [-0.39, 0.29) is 19.1 Å². The molecule has 0 saturated heterocycles. The average molecular weight is 409 g/mol. The summed E-state index contributed by atoms with van der Waals surface area (Å²) in [5, 5.41) is 2.87. The summed E-state index contributed by atoms with van der Waals surface area (Å²) >= 11 is 0. The molecule has 1 aliphatic rings. The summed E-state index contributed by atoms with van der Waals surface area (Å²) in [4.78, 5) is 24.4. The molecule has 0 aliphatic carbocycles. The number of nitrogens with one attached hydrogen (secondary N) is 3. The summed E-state index contributed by atoms with van der Waals surface area (Å²) in [6.45, 7) is 9.89. The molecule has 1 aliphatic heterocycles. The Morgan fingerprint density at radius 3 is 2.60 bits per heavy atom. The van der Waals surface area contributed by atoms with Gasteiger partial charge >= 0.3 is 6.03 Å². The molecule has 0 aromatic heterocycles. The fraction of sp³-hybridized carbons (Fsp3) is 0.304. The van der Waals surface area contributed by atoms with E-state index in [1.807, 2.05) is 63.2 Å². The third-order valence-electron chi connectivity index (χ3n) is 4.90. The van der Waals surface area contributed by atoms with Crippen LogP contribution in [0.15, 0.2) is 49.0 Å². The molecular formula is C23H27N3O4. The van der Waals surface area contributed by atoms with Crippen molar-refractivity contribution in [2.24, 2.45) is 0 Å². The number of allylic oxidation sites excluding steroid dienone is 1. The predicted molar refractivity (Wildman–Crippen MR) is 115 cm³/mol. The molecule has 3 amide bonds. The number of benzene rings is 2. The van der Waals surface area contributed by atoms with Gasteiger partial charge in [-0.05, 0) is 62.1 Å². The molecule has 0 spiro atoms. The van der Waals surface area contributed by atoms with Crippen LogP contribution in [-0.4, -0.2) is 18.7 Å². The number of urea groups is 1. The van der Waals surface area contributed by atoms with Gasteiger partial charge < -0.3 is 14.8 Å². The largest absolute Gasteiger partial charge is 0.454 e. The van der Waals surface area contributed by atoms with E-state index in [1.54, 1.807) is 0 Å². The molecule has 0 bridgehead atoms. The zero-order chi connectivity index (χ0) is 21.7. The van der Waals surface area contributed by atoms with Gasteiger partial charge in [0.1, 0.15) is 0 Å². The van der Waals surface area contributed by atoms with Crippen molar-refractivity contribution >= 4 is 17.5 Å². The molecule has 30 heavy (non-hydrogen) atoms. The van der Waals surface area contributed by atoms with Crippen molar-refractivity contribution in [2.45, 2.75) is 39.2 Å². The van der Waals surface area contributed by atoms with E-state index in [2.05, 4.69) is 22.7 Å². The molecule has 0 atom stereocenters. The lowest BCUT2D eigenvalue weighted by molar-refractivity contribution is -0.121. The maximum Gasteiger partial charge on any atom is 0.334 e.